The molecule has 1 aromatic carbocycles. The number of aliphatic hydroxyl groups excluding tert-OH is 1. The van der Waals surface area contributed by atoms with Gasteiger partial charge >= 0.3 is 0 Å². The molecule has 25 heavy (non-hydrogen) atoms. The lowest BCUT2D eigenvalue weighted by molar-refractivity contribution is 0.204. The van der Waals surface area contributed by atoms with E-state index in [0.717, 1.165) is 33.9 Å². The maximum Gasteiger partial charge on any atom is 0.103 e. The van der Waals surface area contributed by atoms with E-state index in [1.54, 1.807) is 12.4 Å². The SMILES string of the molecule is OC(C1=C(c2ccc(Cl)cc2)SCC1C1CC=CS1)c1cccnc1. The van der Waals surface area contributed by atoms with Gasteiger partial charge in [-0.05, 0) is 41.2 Å². The molecule has 0 bridgehead atoms. The fourth-order valence-corrected chi connectivity index (χ4v) is 6.20. The minimum Gasteiger partial charge on any atom is -0.384 e. The van der Waals surface area contributed by atoms with Gasteiger partial charge in [0.1, 0.15) is 6.10 Å². The highest BCUT2D eigenvalue weighted by atomic mass is 35.5. The van der Waals surface area contributed by atoms with Gasteiger partial charge in [-0.15, -0.1) is 23.5 Å². The van der Waals surface area contributed by atoms with Gasteiger partial charge in [0.2, 0.25) is 0 Å². The molecule has 2 aliphatic heterocycles. The topological polar surface area (TPSA) is 33.1 Å². The van der Waals surface area contributed by atoms with Gasteiger partial charge in [-0.3, -0.25) is 4.98 Å². The van der Waals surface area contributed by atoms with Crippen LogP contribution in [0.25, 0.3) is 4.91 Å². The Kier molecular flexibility index (Phi) is 5.23. The molecule has 2 aromatic rings. The molecule has 128 valence electrons. The number of thioether (sulfide) groups is 2. The van der Waals surface area contributed by atoms with Crippen LogP contribution in [0.3, 0.4) is 0 Å². The van der Waals surface area contributed by atoms with Crippen molar-refractivity contribution in [1.82, 2.24) is 4.98 Å². The van der Waals surface area contributed by atoms with Crippen molar-refractivity contribution < 1.29 is 5.11 Å². The quantitative estimate of drug-likeness (QED) is 0.744. The van der Waals surface area contributed by atoms with Gasteiger partial charge in [0.15, 0.2) is 0 Å². The third kappa shape index (κ3) is 3.54. The average Bonchev–Trinajstić information content (AvgIpc) is 3.32. The second-order valence-corrected chi connectivity index (χ2v) is 8.80. The van der Waals surface area contributed by atoms with Gasteiger partial charge in [0.25, 0.3) is 0 Å². The zero-order valence-corrected chi connectivity index (χ0v) is 15.9. The van der Waals surface area contributed by atoms with Crippen LogP contribution in [0.4, 0.5) is 0 Å². The molecule has 0 radical (unpaired) electrons. The van der Waals surface area contributed by atoms with Crippen LogP contribution in [0.15, 0.2) is 65.8 Å². The highest BCUT2D eigenvalue weighted by molar-refractivity contribution is 8.08. The summed E-state index contributed by atoms with van der Waals surface area (Å²) >= 11 is 9.78. The summed E-state index contributed by atoms with van der Waals surface area (Å²) in [4.78, 5) is 5.37. The van der Waals surface area contributed by atoms with Crippen LogP contribution in [0.1, 0.15) is 23.7 Å². The number of hydrogen-bond donors (Lipinski definition) is 1. The standard InChI is InChI=1S/C20H18ClNOS2/c21-15-7-5-13(6-8-15)20-18(19(23)14-3-1-9-22-11-14)16(12-25-20)17-4-2-10-24-17/h1-3,5-11,16-17,19,23H,4,12H2. The Hall–Kier alpha value is -1.20. The van der Waals surface area contributed by atoms with Crippen LogP contribution in [-0.4, -0.2) is 21.1 Å². The molecule has 3 atom stereocenters. The third-order valence-electron chi connectivity index (χ3n) is 4.64. The number of pyridine rings is 1. The monoisotopic (exact) mass is 387 g/mol. The Balaban J connectivity index is 1.77. The average molecular weight is 388 g/mol. The lowest BCUT2D eigenvalue weighted by atomic mass is 9.87. The van der Waals surface area contributed by atoms with Crippen molar-refractivity contribution in [2.75, 3.05) is 5.75 Å². The molecule has 0 aliphatic carbocycles. The van der Waals surface area contributed by atoms with Crippen molar-refractivity contribution in [3.8, 4) is 0 Å². The molecule has 4 rings (SSSR count). The van der Waals surface area contributed by atoms with E-state index in [1.807, 2.05) is 59.9 Å². The first-order valence-electron chi connectivity index (χ1n) is 8.25. The zero-order valence-electron chi connectivity index (χ0n) is 13.5. The maximum atomic E-state index is 11.2. The van der Waals surface area contributed by atoms with Gasteiger partial charge in [-0.1, -0.05) is 35.9 Å². The zero-order chi connectivity index (χ0) is 17.2. The summed E-state index contributed by atoms with van der Waals surface area (Å²) in [5.74, 6) is 1.36. The van der Waals surface area contributed by atoms with E-state index >= 15 is 0 Å². The van der Waals surface area contributed by atoms with Crippen LogP contribution in [0.2, 0.25) is 5.02 Å². The highest BCUT2D eigenvalue weighted by Crippen LogP contribution is 2.52. The van der Waals surface area contributed by atoms with Crippen LogP contribution in [0.5, 0.6) is 0 Å². The number of benzene rings is 1. The molecule has 5 heteroatoms. The van der Waals surface area contributed by atoms with Gasteiger partial charge in [0, 0.05) is 44.8 Å². The molecule has 0 fully saturated rings. The molecular formula is C20H18ClNOS2. The second kappa shape index (κ2) is 7.58. The Morgan fingerprint density at radius 3 is 2.72 bits per heavy atom. The first kappa shape index (κ1) is 17.2. The number of rotatable bonds is 4. The molecule has 0 saturated carbocycles. The van der Waals surface area contributed by atoms with Crippen LogP contribution in [-0.2, 0) is 0 Å². The van der Waals surface area contributed by atoms with Gasteiger partial charge < -0.3 is 5.11 Å². The Labute approximate surface area is 161 Å². The number of hydrogen-bond acceptors (Lipinski definition) is 4. The van der Waals surface area contributed by atoms with E-state index in [-0.39, 0.29) is 0 Å². The molecule has 3 heterocycles. The van der Waals surface area contributed by atoms with Crippen molar-refractivity contribution in [3.05, 3.63) is 82.0 Å². The molecule has 0 spiro atoms. The summed E-state index contributed by atoms with van der Waals surface area (Å²) in [6, 6.07) is 11.7. The molecule has 0 saturated heterocycles. The number of aromatic nitrogens is 1. The number of nitrogens with zero attached hydrogens (tertiary/aromatic N) is 1. The fourth-order valence-electron chi connectivity index (χ4n) is 3.38. The van der Waals surface area contributed by atoms with Crippen LogP contribution >= 0.6 is 35.1 Å². The van der Waals surface area contributed by atoms with E-state index in [4.69, 9.17) is 11.6 Å². The summed E-state index contributed by atoms with van der Waals surface area (Å²) < 4.78 is 0. The Morgan fingerprint density at radius 2 is 2.04 bits per heavy atom. The number of allylic oxidation sites excluding steroid dienone is 1. The summed E-state index contributed by atoms with van der Waals surface area (Å²) in [5, 5.41) is 14.6. The molecule has 1 aromatic heterocycles. The van der Waals surface area contributed by atoms with E-state index in [9.17, 15) is 5.11 Å². The largest absolute Gasteiger partial charge is 0.384 e. The van der Waals surface area contributed by atoms with Crippen LogP contribution < -0.4 is 0 Å². The normalized spacial score (nSPS) is 24.1. The molecule has 2 nitrogen and oxygen atoms in total. The fraction of sp³-hybridized carbons (Fsp3) is 0.250. The first-order valence-corrected chi connectivity index (χ1v) is 10.6. The van der Waals surface area contributed by atoms with E-state index < -0.39 is 6.10 Å². The molecule has 0 amide bonds. The first-order chi connectivity index (χ1) is 12.2. The van der Waals surface area contributed by atoms with Gasteiger partial charge in [0.05, 0.1) is 0 Å². The van der Waals surface area contributed by atoms with Crippen molar-refractivity contribution >= 4 is 40.0 Å². The van der Waals surface area contributed by atoms with Gasteiger partial charge in [-0.25, -0.2) is 0 Å². The predicted molar refractivity (Wildman–Crippen MR) is 109 cm³/mol. The Morgan fingerprint density at radius 1 is 1.20 bits per heavy atom. The summed E-state index contributed by atoms with van der Waals surface area (Å²) in [7, 11) is 0. The Bertz CT molecular complexity index is 796. The van der Waals surface area contributed by atoms with Gasteiger partial charge in [-0.2, -0.15) is 0 Å². The van der Waals surface area contributed by atoms with Crippen molar-refractivity contribution in [2.45, 2.75) is 17.8 Å². The van der Waals surface area contributed by atoms with Crippen molar-refractivity contribution in [3.63, 3.8) is 0 Å². The third-order valence-corrected chi connectivity index (χ3v) is 7.39. The van der Waals surface area contributed by atoms with E-state index in [2.05, 4.69) is 16.5 Å². The number of aliphatic hydroxyl groups is 1. The molecule has 1 N–H and O–H groups in total. The summed E-state index contributed by atoms with van der Waals surface area (Å²) in [5.41, 5.74) is 3.11. The molecule has 2 aliphatic rings. The summed E-state index contributed by atoms with van der Waals surface area (Å²) in [6.45, 7) is 0. The number of halogens is 1. The minimum atomic E-state index is -0.624. The van der Waals surface area contributed by atoms with Crippen molar-refractivity contribution in [1.29, 1.82) is 0 Å². The summed E-state index contributed by atoms with van der Waals surface area (Å²) in [6.07, 6.45) is 6.17. The molecule has 3 unspecified atom stereocenters. The lowest BCUT2D eigenvalue weighted by Gasteiger charge is -2.25. The minimum absolute atomic E-state index is 0.353. The maximum absolute atomic E-state index is 11.2. The lowest BCUT2D eigenvalue weighted by Crippen LogP contribution is -2.21. The smallest absolute Gasteiger partial charge is 0.103 e. The predicted octanol–water partition coefficient (Wildman–Crippen LogP) is 5.56. The highest BCUT2D eigenvalue weighted by Gasteiger charge is 2.37. The van der Waals surface area contributed by atoms with E-state index in [1.165, 1.54) is 4.91 Å². The van der Waals surface area contributed by atoms with Crippen LogP contribution in [0, 0.1) is 5.92 Å². The second-order valence-electron chi connectivity index (χ2n) is 6.18. The van der Waals surface area contributed by atoms with Crippen molar-refractivity contribution in [2.24, 2.45) is 5.92 Å². The molecular weight excluding hydrogens is 370 g/mol. The van der Waals surface area contributed by atoms with E-state index in [0.29, 0.717) is 11.2 Å².